The Balaban J connectivity index is 2.20. The lowest BCUT2D eigenvalue weighted by atomic mass is 10.1. The first-order valence-corrected chi connectivity index (χ1v) is 7.08. The van der Waals surface area contributed by atoms with Crippen LogP contribution in [0, 0.1) is 0 Å². The number of nitrogens with two attached hydrogens (primary N) is 1. The van der Waals surface area contributed by atoms with Crippen molar-refractivity contribution in [2.75, 3.05) is 29.6 Å². The molecule has 0 amide bonds. The predicted octanol–water partition coefficient (Wildman–Crippen LogP) is 2.98. The summed E-state index contributed by atoms with van der Waals surface area (Å²) in [5, 5.41) is 4.43. The van der Waals surface area contributed by atoms with Crippen molar-refractivity contribution >= 4 is 34.0 Å². The predicted molar refractivity (Wildman–Crippen MR) is 77.6 cm³/mol. The first kappa shape index (κ1) is 12.0. The summed E-state index contributed by atoms with van der Waals surface area (Å²) < 4.78 is 0. The fraction of sp³-hybridized carbons (Fsp3) is 0.308. The van der Waals surface area contributed by atoms with E-state index in [9.17, 15) is 0 Å². The molecular formula is C13H17N3S. The van der Waals surface area contributed by atoms with Gasteiger partial charge in [-0.15, -0.1) is 0 Å². The van der Waals surface area contributed by atoms with Gasteiger partial charge in [0, 0.05) is 23.8 Å². The van der Waals surface area contributed by atoms with Crippen molar-refractivity contribution < 1.29 is 0 Å². The van der Waals surface area contributed by atoms with Gasteiger partial charge in [0.15, 0.2) is 0 Å². The molecule has 17 heavy (non-hydrogen) atoms. The van der Waals surface area contributed by atoms with Crippen LogP contribution in [0.3, 0.4) is 0 Å². The van der Waals surface area contributed by atoms with Gasteiger partial charge >= 0.3 is 0 Å². The summed E-state index contributed by atoms with van der Waals surface area (Å²) in [4.78, 5) is 4.39. The zero-order valence-corrected chi connectivity index (χ0v) is 10.8. The molecule has 2 aromatic rings. The highest BCUT2D eigenvalue weighted by molar-refractivity contribution is 7.98. The van der Waals surface area contributed by atoms with E-state index in [4.69, 9.17) is 5.73 Å². The fourth-order valence-electron chi connectivity index (χ4n) is 1.78. The third-order valence-corrected chi connectivity index (χ3v) is 3.34. The van der Waals surface area contributed by atoms with Crippen molar-refractivity contribution in [2.45, 2.75) is 6.42 Å². The number of anilines is 2. The van der Waals surface area contributed by atoms with Gasteiger partial charge in [-0.1, -0.05) is 0 Å². The molecule has 0 saturated heterocycles. The molecule has 1 heterocycles. The second-order valence-electron chi connectivity index (χ2n) is 3.88. The van der Waals surface area contributed by atoms with Crippen LogP contribution < -0.4 is 11.1 Å². The Labute approximate surface area is 106 Å². The van der Waals surface area contributed by atoms with Crippen molar-refractivity contribution in [1.29, 1.82) is 0 Å². The average molecular weight is 247 g/mol. The Morgan fingerprint density at radius 2 is 2.24 bits per heavy atom. The van der Waals surface area contributed by atoms with E-state index in [1.165, 1.54) is 5.75 Å². The molecule has 0 unspecified atom stereocenters. The van der Waals surface area contributed by atoms with Gasteiger partial charge in [-0.25, -0.2) is 0 Å². The number of benzene rings is 1. The number of thioether (sulfide) groups is 1. The van der Waals surface area contributed by atoms with Gasteiger partial charge in [0.2, 0.25) is 0 Å². The van der Waals surface area contributed by atoms with Crippen LogP contribution in [0.2, 0.25) is 0 Å². The van der Waals surface area contributed by atoms with Gasteiger partial charge in [0.05, 0.1) is 11.2 Å². The van der Waals surface area contributed by atoms with Crippen molar-refractivity contribution in [3.8, 4) is 0 Å². The molecule has 90 valence electrons. The minimum Gasteiger partial charge on any atom is -0.398 e. The van der Waals surface area contributed by atoms with Crippen LogP contribution in [-0.2, 0) is 0 Å². The third kappa shape index (κ3) is 2.82. The summed E-state index contributed by atoms with van der Waals surface area (Å²) in [6.07, 6.45) is 5.08. The van der Waals surface area contributed by atoms with Gasteiger partial charge in [0.25, 0.3) is 0 Å². The molecule has 0 atom stereocenters. The zero-order valence-electron chi connectivity index (χ0n) is 9.94. The topological polar surface area (TPSA) is 50.9 Å². The van der Waals surface area contributed by atoms with E-state index in [0.717, 1.165) is 35.2 Å². The fourth-order valence-corrected chi connectivity index (χ4v) is 2.21. The Hall–Kier alpha value is -1.42. The molecule has 0 aliphatic heterocycles. The van der Waals surface area contributed by atoms with Crippen molar-refractivity contribution in [3.63, 3.8) is 0 Å². The number of nitrogens with one attached hydrogen (secondary N) is 1. The van der Waals surface area contributed by atoms with E-state index in [2.05, 4.69) is 16.6 Å². The molecule has 1 aromatic carbocycles. The lowest BCUT2D eigenvalue weighted by Crippen LogP contribution is -2.04. The van der Waals surface area contributed by atoms with E-state index in [-0.39, 0.29) is 0 Å². The molecule has 4 heteroatoms. The zero-order chi connectivity index (χ0) is 12.1. The van der Waals surface area contributed by atoms with Gasteiger partial charge < -0.3 is 11.1 Å². The number of fused-ring (bicyclic) bond motifs is 1. The van der Waals surface area contributed by atoms with Crippen molar-refractivity contribution in [3.05, 3.63) is 30.5 Å². The summed E-state index contributed by atoms with van der Waals surface area (Å²) in [6.45, 7) is 0.969. The van der Waals surface area contributed by atoms with E-state index >= 15 is 0 Å². The van der Waals surface area contributed by atoms with Crippen LogP contribution in [0.4, 0.5) is 11.4 Å². The molecule has 1 aromatic heterocycles. The van der Waals surface area contributed by atoms with Gasteiger partial charge in [-0.05, 0) is 42.7 Å². The standard InChI is InChI=1S/C13H17N3S/c1-17-9-3-8-15-12-6-5-11(14)10-4-2-7-16-13(10)12/h2,4-7,15H,3,8-9,14H2,1H3. The Morgan fingerprint density at radius 1 is 1.35 bits per heavy atom. The van der Waals surface area contributed by atoms with Crippen molar-refractivity contribution in [2.24, 2.45) is 0 Å². The largest absolute Gasteiger partial charge is 0.398 e. The molecule has 3 nitrogen and oxygen atoms in total. The molecule has 0 saturated carbocycles. The molecule has 0 bridgehead atoms. The van der Waals surface area contributed by atoms with Gasteiger partial charge in [-0.2, -0.15) is 11.8 Å². The molecule has 0 radical (unpaired) electrons. The highest BCUT2D eigenvalue weighted by atomic mass is 32.2. The van der Waals surface area contributed by atoms with Crippen LogP contribution in [-0.4, -0.2) is 23.5 Å². The molecule has 0 fully saturated rings. The lowest BCUT2D eigenvalue weighted by Gasteiger charge is -2.10. The molecular weight excluding hydrogens is 230 g/mol. The average Bonchev–Trinajstić information content (AvgIpc) is 2.37. The smallest absolute Gasteiger partial charge is 0.0953 e. The highest BCUT2D eigenvalue weighted by Crippen LogP contribution is 2.26. The number of rotatable bonds is 5. The Kier molecular flexibility index (Phi) is 4.09. The number of hydrogen-bond acceptors (Lipinski definition) is 4. The minimum absolute atomic E-state index is 0.780. The van der Waals surface area contributed by atoms with Crippen LogP contribution in [0.15, 0.2) is 30.5 Å². The first-order valence-electron chi connectivity index (χ1n) is 5.69. The number of nitrogens with zero attached hydrogens (tertiary/aromatic N) is 1. The number of aromatic nitrogens is 1. The lowest BCUT2D eigenvalue weighted by molar-refractivity contribution is 0.994. The second-order valence-corrected chi connectivity index (χ2v) is 4.86. The van der Waals surface area contributed by atoms with Crippen LogP contribution in [0.1, 0.15) is 6.42 Å². The van der Waals surface area contributed by atoms with Crippen molar-refractivity contribution in [1.82, 2.24) is 4.98 Å². The molecule has 2 rings (SSSR count). The molecule has 3 N–H and O–H groups in total. The van der Waals surface area contributed by atoms with E-state index in [0.29, 0.717) is 0 Å². The Morgan fingerprint density at radius 3 is 3.06 bits per heavy atom. The third-order valence-electron chi connectivity index (χ3n) is 2.64. The maximum absolute atomic E-state index is 5.93. The van der Waals surface area contributed by atoms with Crippen LogP contribution >= 0.6 is 11.8 Å². The summed E-state index contributed by atoms with van der Waals surface area (Å²) in [7, 11) is 0. The summed E-state index contributed by atoms with van der Waals surface area (Å²) >= 11 is 1.87. The van der Waals surface area contributed by atoms with Gasteiger partial charge in [-0.3, -0.25) is 4.98 Å². The Bertz CT molecular complexity index is 499. The quantitative estimate of drug-likeness (QED) is 0.630. The SMILES string of the molecule is CSCCCNc1ccc(N)c2cccnc12. The maximum Gasteiger partial charge on any atom is 0.0953 e. The van der Waals surface area contributed by atoms with Crippen LogP contribution in [0.25, 0.3) is 10.9 Å². The van der Waals surface area contributed by atoms with E-state index in [1.807, 2.05) is 36.0 Å². The van der Waals surface area contributed by atoms with Crippen LogP contribution in [0.5, 0.6) is 0 Å². The first-order chi connectivity index (χ1) is 8.33. The summed E-state index contributed by atoms with van der Waals surface area (Å²) in [6, 6.07) is 7.85. The minimum atomic E-state index is 0.780. The highest BCUT2D eigenvalue weighted by Gasteiger charge is 2.03. The molecule has 0 aliphatic carbocycles. The second kappa shape index (κ2) is 5.77. The number of pyridine rings is 1. The number of nitrogen functional groups attached to an aromatic ring is 1. The molecule has 0 spiro atoms. The molecule has 0 aliphatic rings. The number of hydrogen-bond donors (Lipinski definition) is 2. The summed E-state index contributed by atoms with van der Waals surface area (Å²) in [5.74, 6) is 1.17. The summed E-state index contributed by atoms with van der Waals surface area (Å²) in [5.41, 5.74) is 8.73. The normalized spacial score (nSPS) is 10.6. The maximum atomic E-state index is 5.93. The van der Waals surface area contributed by atoms with E-state index in [1.54, 1.807) is 6.20 Å². The monoisotopic (exact) mass is 247 g/mol. The van der Waals surface area contributed by atoms with Gasteiger partial charge in [0.1, 0.15) is 0 Å². The van der Waals surface area contributed by atoms with E-state index < -0.39 is 0 Å².